The standard InChI is InChI=1S/C17H14FN5O3/c18-11-2-4-12(5-3-11)20-16-15(21-23-22-16)17(24)19-8-10-1-6-13-14(7-10)26-9-25-13/h1-7H,8-9H2,(H,19,24)(H2,20,21,22,23). The third-order valence-corrected chi connectivity index (χ3v) is 3.76. The van der Waals surface area contributed by atoms with Gasteiger partial charge in [-0.15, -0.1) is 10.2 Å². The molecule has 1 aliphatic rings. The Morgan fingerprint density at radius 2 is 1.92 bits per heavy atom. The minimum absolute atomic E-state index is 0.107. The van der Waals surface area contributed by atoms with Crippen LogP contribution < -0.4 is 20.1 Å². The van der Waals surface area contributed by atoms with Crippen LogP contribution in [-0.2, 0) is 6.54 Å². The van der Waals surface area contributed by atoms with Crippen molar-refractivity contribution in [3.05, 3.63) is 59.5 Å². The predicted octanol–water partition coefficient (Wildman–Crippen LogP) is 2.35. The van der Waals surface area contributed by atoms with Gasteiger partial charge in [-0.25, -0.2) is 4.39 Å². The van der Waals surface area contributed by atoms with E-state index in [-0.39, 0.29) is 24.1 Å². The summed E-state index contributed by atoms with van der Waals surface area (Å²) in [4.78, 5) is 12.4. The maximum Gasteiger partial charge on any atom is 0.275 e. The molecule has 0 aliphatic carbocycles. The average Bonchev–Trinajstić information content (AvgIpc) is 3.30. The maximum absolute atomic E-state index is 13.0. The molecule has 26 heavy (non-hydrogen) atoms. The van der Waals surface area contributed by atoms with Crippen molar-refractivity contribution in [2.75, 3.05) is 12.1 Å². The predicted molar refractivity (Wildman–Crippen MR) is 89.8 cm³/mol. The van der Waals surface area contributed by atoms with Crippen molar-refractivity contribution in [3.63, 3.8) is 0 Å². The highest BCUT2D eigenvalue weighted by Crippen LogP contribution is 2.32. The van der Waals surface area contributed by atoms with E-state index in [2.05, 4.69) is 26.0 Å². The summed E-state index contributed by atoms with van der Waals surface area (Å²) in [6.07, 6.45) is 0. The van der Waals surface area contributed by atoms with Gasteiger partial charge < -0.3 is 20.1 Å². The zero-order chi connectivity index (χ0) is 17.9. The SMILES string of the molecule is O=C(NCc1ccc2c(c1)OCO2)c1n[nH]nc1Nc1ccc(F)cc1. The van der Waals surface area contributed by atoms with Crippen molar-refractivity contribution in [3.8, 4) is 11.5 Å². The molecule has 132 valence electrons. The summed E-state index contributed by atoms with van der Waals surface area (Å²) in [6, 6.07) is 11.1. The van der Waals surface area contributed by atoms with Crippen molar-refractivity contribution in [2.24, 2.45) is 0 Å². The molecular formula is C17H14FN5O3. The summed E-state index contributed by atoms with van der Waals surface area (Å²) < 4.78 is 23.5. The number of benzene rings is 2. The molecule has 0 bridgehead atoms. The maximum atomic E-state index is 13.0. The third kappa shape index (κ3) is 3.27. The molecule has 2 aromatic carbocycles. The summed E-state index contributed by atoms with van der Waals surface area (Å²) in [6.45, 7) is 0.487. The lowest BCUT2D eigenvalue weighted by molar-refractivity contribution is 0.0946. The van der Waals surface area contributed by atoms with E-state index in [9.17, 15) is 9.18 Å². The Labute approximate surface area is 147 Å². The van der Waals surface area contributed by atoms with Gasteiger partial charge in [0.05, 0.1) is 0 Å². The number of nitrogens with one attached hydrogen (secondary N) is 3. The molecular weight excluding hydrogens is 341 g/mol. The summed E-state index contributed by atoms with van der Waals surface area (Å²) >= 11 is 0. The highest BCUT2D eigenvalue weighted by Gasteiger charge is 2.18. The van der Waals surface area contributed by atoms with Crippen molar-refractivity contribution in [2.45, 2.75) is 6.54 Å². The first-order chi connectivity index (χ1) is 12.7. The lowest BCUT2D eigenvalue weighted by Crippen LogP contribution is -2.24. The lowest BCUT2D eigenvalue weighted by atomic mass is 10.2. The fourth-order valence-electron chi connectivity index (χ4n) is 2.46. The molecule has 4 rings (SSSR count). The van der Waals surface area contributed by atoms with Crippen LogP contribution in [0.3, 0.4) is 0 Å². The number of hydrogen-bond donors (Lipinski definition) is 3. The Bertz CT molecular complexity index is 942. The van der Waals surface area contributed by atoms with Gasteiger partial charge in [-0.2, -0.15) is 5.21 Å². The van der Waals surface area contributed by atoms with Crippen molar-refractivity contribution in [1.82, 2.24) is 20.7 Å². The number of carbonyl (C=O) groups is 1. The molecule has 2 heterocycles. The average molecular weight is 355 g/mol. The molecule has 0 radical (unpaired) electrons. The first-order valence-electron chi connectivity index (χ1n) is 7.79. The molecule has 0 unspecified atom stereocenters. The first-order valence-corrected chi connectivity index (χ1v) is 7.79. The number of anilines is 2. The topological polar surface area (TPSA) is 101 Å². The van der Waals surface area contributed by atoms with Crippen LogP contribution in [0.25, 0.3) is 0 Å². The van der Waals surface area contributed by atoms with Crippen molar-refractivity contribution < 1.29 is 18.7 Å². The second-order valence-electron chi connectivity index (χ2n) is 5.52. The molecule has 0 saturated heterocycles. The lowest BCUT2D eigenvalue weighted by Gasteiger charge is -2.07. The van der Waals surface area contributed by atoms with Gasteiger partial charge in [0.25, 0.3) is 5.91 Å². The van der Waals surface area contributed by atoms with Crippen LogP contribution in [0.5, 0.6) is 11.5 Å². The van der Waals surface area contributed by atoms with Gasteiger partial charge in [-0.05, 0) is 42.0 Å². The number of rotatable bonds is 5. The zero-order valence-electron chi connectivity index (χ0n) is 13.5. The molecule has 8 nitrogen and oxygen atoms in total. The Morgan fingerprint density at radius 1 is 1.12 bits per heavy atom. The minimum Gasteiger partial charge on any atom is -0.454 e. The second-order valence-corrected chi connectivity index (χ2v) is 5.52. The number of nitrogens with zero attached hydrogens (tertiary/aromatic N) is 2. The summed E-state index contributed by atoms with van der Waals surface area (Å²) in [5, 5.41) is 15.9. The summed E-state index contributed by atoms with van der Waals surface area (Å²) in [5.41, 5.74) is 1.55. The van der Waals surface area contributed by atoms with Gasteiger partial charge >= 0.3 is 0 Å². The van der Waals surface area contributed by atoms with Crippen LogP contribution >= 0.6 is 0 Å². The Hall–Kier alpha value is -3.62. The quantitative estimate of drug-likeness (QED) is 0.649. The monoisotopic (exact) mass is 355 g/mol. The molecule has 0 fully saturated rings. The second kappa shape index (κ2) is 6.71. The molecule has 1 amide bonds. The Morgan fingerprint density at radius 3 is 2.77 bits per heavy atom. The van der Waals surface area contributed by atoms with Crippen LogP contribution in [0.15, 0.2) is 42.5 Å². The molecule has 9 heteroatoms. The highest BCUT2D eigenvalue weighted by atomic mass is 19.1. The normalized spacial score (nSPS) is 12.0. The van der Waals surface area contributed by atoms with E-state index in [1.165, 1.54) is 24.3 Å². The molecule has 0 atom stereocenters. The zero-order valence-corrected chi connectivity index (χ0v) is 13.5. The van der Waals surface area contributed by atoms with Crippen LogP contribution in [0, 0.1) is 5.82 Å². The Balaban J connectivity index is 1.42. The number of halogens is 1. The van der Waals surface area contributed by atoms with E-state index in [1.807, 2.05) is 12.1 Å². The van der Waals surface area contributed by atoms with Gasteiger partial charge in [0.1, 0.15) is 5.82 Å². The van der Waals surface area contributed by atoms with Crippen molar-refractivity contribution >= 4 is 17.4 Å². The molecule has 0 saturated carbocycles. The summed E-state index contributed by atoms with van der Waals surface area (Å²) in [7, 11) is 0. The van der Waals surface area contributed by atoms with E-state index >= 15 is 0 Å². The fraction of sp³-hybridized carbons (Fsp3) is 0.118. The van der Waals surface area contributed by atoms with Gasteiger partial charge in [0.2, 0.25) is 6.79 Å². The van der Waals surface area contributed by atoms with E-state index in [1.54, 1.807) is 6.07 Å². The van der Waals surface area contributed by atoms with E-state index in [0.717, 1.165) is 5.56 Å². The van der Waals surface area contributed by atoms with Gasteiger partial charge in [0, 0.05) is 12.2 Å². The molecule has 1 aromatic heterocycles. The molecule has 3 N–H and O–H groups in total. The number of amides is 1. The van der Waals surface area contributed by atoms with Crippen LogP contribution in [0.1, 0.15) is 16.1 Å². The number of aromatic amines is 1. The number of ether oxygens (including phenoxy) is 2. The summed E-state index contributed by atoms with van der Waals surface area (Å²) in [5.74, 6) is 0.831. The smallest absolute Gasteiger partial charge is 0.275 e. The largest absolute Gasteiger partial charge is 0.454 e. The van der Waals surface area contributed by atoms with E-state index in [0.29, 0.717) is 23.7 Å². The minimum atomic E-state index is -0.402. The third-order valence-electron chi connectivity index (χ3n) is 3.76. The number of aromatic nitrogens is 3. The van der Waals surface area contributed by atoms with Crippen LogP contribution in [-0.4, -0.2) is 28.1 Å². The van der Waals surface area contributed by atoms with Crippen LogP contribution in [0.4, 0.5) is 15.9 Å². The van der Waals surface area contributed by atoms with E-state index in [4.69, 9.17) is 9.47 Å². The molecule has 1 aliphatic heterocycles. The van der Waals surface area contributed by atoms with Gasteiger partial charge in [-0.3, -0.25) is 4.79 Å². The highest BCUT2D eigenvalue weighted by molar-refractivity contribution is 5.97. The number of hydrogen-bond acceptors (Lipinski definition) is 6. The van der Waals surface area contributed by atoms with Gasteiger partial charge in [-0.1, -0.05) is 6.07 Å². The number of carbonyl (C=O) groups excluding carboxylic acids is 1. The van der Waals surface area contributed by atoms with Gasteiger partial charge in [0.15, 0.2) is 23.0 Å². The van der Waals surface area contributed by atoms with E-state index < -0.39 is 5.91 Å². The molecule has 0 spiro atoms. The number of H-pyrrole nitrogens is 1. The number of fused-ring (bicyclic) bond motifs is 1. The molecule has 3 aromatic rings. The van der Waals surface area contributed by atoms with Crippen LogP contribution in [0.2, 0.25) is 0 Å². The fourth-order valence-corrected chi connectivity index (χ4v) is 2.46. The first kappa shape index (κ1) is 15.9. The Kier molecular flexibility index (Phi) is 4.10. The van der Waals surface area contributed by atoms with Crippen molar-refractivity contribution in [1.29, 1.82) is 0 Å².